The molecule has 0 aromatic heterocycles. The molecule has 0 fully saturated rings. The van der Waals surface area contributed by atoms with Crippen LogP contribution in [0.1, 0.15) is 12.0 Å². The summed E-state index contributed by atoms with van der Waals surface area (Å²) in [4.78, 5) is 22.6. The lowest BCUT2D eigenvalue weighted by Gasteiger charge is -2.14. The largest absolute Gasteiger partial charge is 0.469 e. The van der Waals surface area contributed by atoms with E-state index in [1.165, 1.54) is 12.1 Å². The van der Waals surface area contributed by atoms with Crippen molar-refractivity contribution in [3.05, 3.63) is 29.8 Å². The number of carbonyl (C=O) groups is 2. The van der Waals surface area contributed by atoms with Crippen LogP contribution in [0.5, 0.6) is 0 Å². The summed E-state index contributed by atoms with van der Waals surface area (Å²) in [5.74, 6) is -1.76. The third-order valence-corrected chi connectivity index (χ3v) is 3.93. The van der Waals surface area contributed by atoms with Gasteiger partial charge in [0.05, 0.1) is 25.5 Å². The highest BCUT2D eigenvalue weighted by Crippen LogP contribution is 2.17. The number of esters is 2. The van der Waals surface area contributed by atoms with Gasteiger partial charge in [0.25, 0.3) is 10.1 Å². The van der Waals surface area contributed by atoms with E-state index in [2.05, 4.69) is 9.47 Å². The van der Waals surface area contributed by atoms with E-state index >= 15 is 0 Å². The lowest BCUT2D eigenvalue weighted by Crippen LogP contribution is -2.31. The molecule has 0 amide bonds. The van der Waals surface area contributed by atoms with Crippen LogP contribution in [0.15, 0.2) is 29.2 Å². The molecule has 1 rings (SSSR count). The van der Waals surface area contributed by atoms with Gasteiger partial charge in [0.2, 0.25) is 0 Å². The maximum absolute atomic E-state index is 12.1. The summed E-state index contributed by atoms with van der Waals surface area (Å²) in [6, 6.07) is 5.86. The Morgan fingerprint density at radius 1 is 1.10 bits per heavy atom. The van der Waals surface area contributed by atoms with Crippen molar-refractivity contribution in [3.8, 4) is 0 Å². The molecule has 0 spiro atoms. The molecule has 0 saturated heterocycles. The second-order valence-corrected chi connectivity index (χ2v) is 5.73. The van der Waals surface area contributed by atoms with E-state index in [0.717, 1.165) is 19.8 Å². The molecule has 21 heavy (non-hydrogen) atoms. The van der Waals surface area contributed by atoms with Crippen LogP contribution in [-0.4, -0.2) is 40.7 Å². The number of hydrogen-bond donors (Lipinski definition) is 0. The first-order valence-corrected chi connectivity index (χ1v) is 7.35. The zero-order valence-electron chi connectivity index (χ0n) is 11.9. The van der Waals surface area contributed by atoms with Crippen molar-refractivity contribution in [1.82, 2.24) is 0 Å². The lowest BCUT2D eigenvalue weighted by molar-refractivity contribution is -0.155. The van der Waals surface area contributed by atoms with Gasteiger partial charge < -0.3 is 9.47 Å². The van der Waals surface area contributed by atoms with Gasteiger partial charge in [-0.25, -0.2) is 4.79 Å². The number of carbonyl (C=O) groups excluding carboxylic acids is 2. The number of hydrogen-bond acceptors (Lipinski definition) is 7. The van der Waals surface area contributed by atoms with Crippen LogP contribution in [0.2, 0.25) is 0 Å². The predicted octanol–water partition coefficient (Wildman–Crippen LogP) is 0.805. The first-order chi connectivity index (χ1) is 9.80. The molecule has 0 aliphatic rings. The standard InChI is InChI=1S/C13H16O7S/c1-9-4-6-10(7-5-9)21(16,17)20-11(13(15)19-3)8-12(14)18-2/h4-7,11H,8H2,1-3H3. The van der Waals surface area contributed by atoms with Crippen molar-refractivity contribution >= 4 is 22.1 Å². The zero-order valence-corrected chi connectivity index (χ0v) is 12.7. The maximum Gasteiger partial charge on any atom is 0.337 e. The fourth-order valence-electron chi connectivity index (χ4n) is 1.44. The van der Waals surface area contributed by atoms with Gasteiger partial charge in [-0.3, -0.25) is 8.98 Å². The van der Waals surface area contributed by atoms with Crippen molar-refractivity contribution < 1.29 is 31.7 Å². The van der Waals surface area contributed by atoms with Crippen LogP contribution in [0.4, 0.5) is 0 Å². The molecule has 1 atom stereocenters. The Balaban J connectivity index is 2.98. The smallest absolute Gasteiger partial charge is 0.337 e. The monoisotopic (exact) mass is 316 g/mol. The van der Waals surface area contributed by atoms with E-state index in [9.17, 15) is 18.0 Å². The third kappa shape index (κ3) is 4.83. The Bertz CT molecular complexity index is 604. The zero-order chi connectivity index (χ0) is 16.0. The van der Waals surface area contributed by atoms with Crippen molar-refractivity contribution in [1.29, 1.82) is 0 Å². The molecule has 116 valence electrons. The first kappa shape index (κ1) is 17.1. The molecule has 7 nitrogen and oxygen atoms in total. The van der Waals surface area contributed by atoms with Gasteiger partial charge >= 0.3 is 11.9 Å². The Hall–Kier alpha value is -1.93. The molecule has 0 saturated carbocycles. The highest BCUT2D eigenvalue weighted by molar-refractivity contribution is 7.86. The highest BCUT2D eigenvalue weighted by Gasteiger charge is 2.30. The Morgan fingerprint density at radius 3 is 2.14 bits per heavy atom. The first-order valence-electron chi connectivity index (χ1n) is 5.94. The van der Waals surface area contributed by atoms with Gasteiger partial charge in [0.15, 0.2) is 6.10 Å². The molecule has 0 aliphatic heterocycles. The van der Waals surface area contributed by atoms with Gasteiger partial charge in [-0.1, -0.05) is 17.7 Å². The van der Waals surface area contributed by atoms with Crippen molar-refractivity contribution in [3.63, 3.8) is 0 Å². The summed E-state index contributed by atoms with van der Waals surface area (Å²) >= 11 is 0. The quantitative estimate of drug-likeness (QED) is 0.566. The summed E-state index contributed by atoms with van der Waals surface area (Å²) in [5, 5.41) is 0. The summed E-state index contributed by atoms with van der Waals surface area (Å²) < 4.78 is 37.7. The number of benzene rings is 1. The Morgan fingerprint density at radius 2 is 1.67 bits per heavy atom. The maximum atomic E-state index is 12.1. The molecular weight excluding hydrogens is 300 g/mol. The molecular formula is C13H16O7S. The van der Waals surface area contributed by atoms with E-state index in [-0.39, 0.29) is 4.90 Å². The van der Waals surface area contributed by atoms with Gasteiger partial charge in [0.1, 0.15) is 0 Å². The van der Waals surface area contributed by atoms with Crippen molar-refractivity contribution in [2.24, 2.45) is 0 Å². The molecule has 1 aromatic rings. The van der Waals surface area contributed by atoms with Crippen molar-refractivity contribution in [2.75, 3.05) is 14.2 Å². The second-order valence-electron chi connectivity index (χ2n) is 4.16. The third-order valence-electron chi connectivity index (χ3n) is 2.60. The summed E-state index contributed by atoms with van der Waals surface area (Å²) in [5.41, 5.74) is 0.869. The van der Waals surface area contributed by atoms with Gasteiger partial charge in [-0.15, -0.1) is 0 Å². The number of methoxy groups -OCH3 is 2. The number of rotatable bonds is 6. The highest BCUT2D eigenvalue weighted by atomic mass is 32.2. The van der Waals surface area contributed by atoms with Crippen LogP contribution < -0.4 is 0 Å². The molecule has 8 heteroatoms. The van der Waals surface area contributed by atoms with E-state index in [4.69, 9.17) is 4.18 Å². The summed E-state index contributed by atoms with van der Waals surface area (Å²) in [7, 11) is -2.01. The fraction of sp³-hybridized carbons (Fsp3) is 0.385. The van der Waals surface area contributed by atoms with Crippen LogP contribution in [0, 0.1) is 6.92 Å². The number of ether oxygens (including phenoxy) is 2. The van der Waals surface area contributed by atoms with Crippen LogP contribution in [0.3, 0.4) is 0 Å². The Kier molecular flexibility index (Phi) is 5.86. The molecule has 0 heterocycles. The van der Waals surface area contributed by atoms with Crippen LogP contribution in [0.25, 0.3) is 0 Å². The van der Waals surface area contributed by atoms with Crippen molar-refractivity contribution in [2.45, 2.75) is 24.3 Å². The minimum absolute atomic E-state index is 0.119. The second kappa shape index (κ2) is 7.19. The molecule has 0 N–H and O–H groups in total. The van der Waals surface area contributed by atoms with E-state index < -0.39 is 34.6 Å². The van der Waals surface area contributed by atoms with Crippen LogP contribution >= 0.6 is 0 Å². The predicted molar refractivity (Wildman–Crippen MR) is 71.9 cm³/mol. The van der Waals surface area contributed by atoms with Gasteiger partial charge in [-0.2, -0.15) is 8.42 Å². The molecule has 0 radical (unpaired) electrons. The summed E-state index contributed by atoms with van der Waals surface area (Å²) in [6.07, 6.45) is -2.15. The molecule has 0 bridgehead atoms. The van der Waals surface area contributed by atoms with E-state index in [1.54, 1.807) is 19.1 Å². The Labute approximate surface area is 122 Å². The molecule has 1 aromatic carbocycles. The minimum Gasteiger partial charge on any atom is -0.469 e. The normalized spacial score (nSPS) is 12.5. The van der Waals surface area contributed by atoms with E-state index in [0.29, 0.717) is 0 Å². The SMILES string of the molecule is COC(=O)CC(OS(=O)(=O)c1ccc(C)cc1)C(=O)OC. The van der Waals surface area contributed by atoms with E-state index in [1.807, 2.05) is 0 Å². The average Bonchev–Trinajstić information content (AvgIpc) is 2.45. The molecule has 1 unspecified atom stereocenters. The number of aryl methyl sites for hydroxylation is 1. The summed E-state index contributed by atoms with van der Waals surface area (Å²) in [6.45, 7) is 1.80. The fourth-order valence-corrected chi connectivity index (χ4v) is 2.47. The lowest BCUT2D eigenvalue weighted by atomic mass is 10.2. The topological polar surface area (TPSA) is 96.0 Å². The average molecular weight is 316 g/mol. The van der Waals surface area contributed by atoms with Crippen LogP contribution in [-0.2, 0) is 33.4 Å². The minimum atomic E-state index is -4.19. The molecule has 0 aliphatic carbocycles. The van der Waals surface area contributed by atoms with Gasteiger partial charge in [0, 0.05) is 0 Å². The van der Waals surface area contributed by atoms with Gasteiger partial charge in [-0.05, 0) is 19.1 Å².